The van der Waals surface area contributed by atoms with Crippen LogP contribution in [-0.2, 0) is 6.42 Å². The summed E-state index contributed by atoms with van der Waals surface area (Å²) in [4.78, 5) is 11.7. The normalized spacial score (nSPS) is 14.2. The van der Waals surface area contributed by atoms with Gasteiger partial charge in [0, 0.05) is 16.3 Å². The minimum Gasteiger partial charge on any atom is -0.478 e. The Hall–Kier alpha value is -1.16. The first kappa shape index (κ1) is 8.44. The van der Waals surface area contributed by atoms with Crippen LogP contribution in [0.3, 0.4) is 0 Å². The Balaban J connectivity index is 2.62. The molecular weight excluding hydrogens is 186 g/mol. The van der Waals surface area contributed by atoms with Crippen molar-refractivity contribution in [2.24, 2.45) is 0 Å². The van der Waals surface area contributed by atoms with Crippen molar-refractivity contribution in [3.63, 3.8) is 0 Å². The van der Waals surface area contributed by atoms with E-state index in [4.69, 9.17) is 10.8 Å². The molecule has 3 nitrogen and oxygen atoms in total. The molecule has 1 aromatic rings. The van der Waals surface area contributed by atoms with Crippen LogP contribution in [0.1, 0.15) is 15.9 Å². The zero-order valence-electron chi connectivity index (χ0n) is 6.91. The van der Waals surface area contributed by atoms with E-state index in [9.17, 15) is 4.79 Å². The average Bonchev–Trinajstić information content (AvgIpc) is 2.49. The van der Waals surface area contributed by atoms with Crippen LogP contribution >= 0.6 is 11.8 Å². The maximum absolute atomic E-state index is 10.8. The SMILES string of the molecule is Nc1cc2c(c(C(=O)O)c1)SCC2. The number of rotatable bonds is 1. The van der Waals surface area contributed by atoms with E-state index in [1.54, 1.807) is 11.8 Å². The summed E-state index contributed by atoms with van der Waals surface area (Å²) >= 11 is 1.60. The number of anilines is 1. The first-order valence-electron chi connectivity index (χ1n) is 3.97. The second-order valence-electron chi connectivity index (χ2n) is 2.96. The molecule has 0 fully saturated rings. The van der Waals surface area contributed by atoms with Gasteiger partial charge in [-0.25, -0.2) is 4.79 Å². The molecule has 0 atom stereocenters. The van der Waals surface area contributed by atoms with E-state index in [-0.39, 0.29) is 0 Å². The number of aryl methyl sites for hydroxylation is 1. The van der Waals surface area contributed by atoms with Gasteiger partial charge in [0.1, 0.15) is 0 Å². The van der Waals surface area contributed by atoms with Gasteiger partial charge >= 0.3 is 5.97 Å². The van der Waals surface area contributed by atoms with Gasteiger partial charge in [-0.1, -0.05) is 0 Å². The van der Waals surface area contributed by atoms with Crippen LogP contribution in [0.4, 0.5) is 5.69 Å². The van der Waals surface area contributed by atoms with Crippen LogP contribution in [0.2, 0.25) is 0 Å². The predicted molar refractivity (Wildman–Crippen MR) is 52.2 cm³/mol. The molecule has 3 N–H and O–H groups in total. The van der Waals surface area contributed by atoms with Crippen LogP contribution in [0.25, 0.3) is 0 Å². The molecular formula is C9H9NO2S. The number of nitrogens with two attached hydrogens (primary N) is 1. The average molecular weight is 195 g/mol. The Morgan fingerprint density at radius 1 is 1.54 bits per heavy atom. The molecule has 0 saturated heterocycles. The standard InChI is InChI=1S/C9H9NO2S/c10-6-3-5-1-2-13-8(5)7(4-6)9(11)12/h3-4H,1-2,10H2,(H,11,12). The minimum atomic E-state index is -0.891. The molecule has 13 heavy (non-hydrogen) atoms. The molecule has 1 aliphatic heterocycles. The highest BCUT2D eigenvalue weighted by Gasteiger charge is 2.19. The van der Waals surface area contributed by atoms with Crippen molar-refractivity contribution in [1.29, 1.82) is 0 Å². The molecule has 4 heteroatoms. The second-order valence-corrected chi connectivity index (χ2v) is 4.07. The van der Waals surface area contributed by atoms with E-state index >= 15 is 0 Å². The fourth-order valence-electron chi connectivity index (χ4n) is 1.49. The lowest BCUT2D eigenvalue weighted by Crippen LogP contribution is -2.01. The third-order valence-electron chi connectivity index (χ3n) is 2.04. The Bertz CT molecular complexity index is 376. The lowest BCUT2D eigenvalue weighted by atomic mass is 10.1. The second kappa shape index (κ2) is 2.96. The van der Waals surface area contributed by atoms with Gasteiger partial charge in [0.25, 0.3) is 0 Å². The van der Waals surface area contributed by atoms with E-state index in [1.165, 1.54) is 6.07 Å². The summed E-state index contributed by atoms with van der Waals surface area (Å²) in [5.41, 5.74) is 7.55. The van der Waals surface area contributed by atoms with Crippen LogP contribution in [0.15, 0.2) is 17.0 Å². The molecule has 0 aliphatic carbocycles. The maximum Gasteiger partial charge on any atom is 0.336 e. The molecule has 1 heterocycles. The lowest BCUT2D eigenvalue weighted by Gasteiger charge is -2.04. The predicted octanol–water partition coefficient (Wildman–Crippen LogP) is 1.62. The first-order chi connectivity index (χ1) is 6.18. The Morgan fingerprint density at radius 3 is 3.00 bits per heavy atom. The van der Waals surface area contributed by atoms with Gasteiger partial charge in [0.15, 0.2) is 0 Å². The number of fused-ring (bicyclic) bond motifs is 1. The number of thioether (sulfide) groups is 1. The molecule has 0 radical (unpaired) electrons. The number of carboxylic acid groups (broad SMARTS) is 1. The summed E-state index contributed by atoms with van der Waals surface area (Å²) in [5.74, 6) is 0.0666. The third kappa shape index (κ3) is 1.37. The summed E-state index contributed by atoms with van der Waals surface area (Å²) < 4.78 is 0. The lowest BCUT2D eigenvalue weighted by molar-refractivity contribution is 0.0693. The maximum atomic E-state index is 10.8. The summed E-state index contributed by atoms with van der Waals surface area (Å²) in [6.45, 7) is 0. The highest BCUT2D eigenvalue weighted by molar-refractivity contribution is 7.99. The molecule has 0 spiro atoms. The first-order valence-corrected chi connectivity index (χ1v) is 4.95. The van der Waals surface area contributed by atoms with E-state index in [0.717, 1.165) is 22.6 Å². The van der Waals surface area contributed by atoms with Crippen LogP contribution < -0.4 is 5.73 Å². The zero-order valence-corrected chi connectivity index (χ0v) is 7.73. The third-order valence-corrected chi connectivity index (χ3v) is 3.22. The van der Waals surface area contributed by atoms with Crippen molar-refractivity contribution >= 4 is 23.4 Å². The van der Waals surface area contributed by atoms with Crippen LogP contribution in [-0.4, -0.2) is 16.8 Å². The molecule has 0 aromatic heterocycles. The van der Waals surface area contributed by atoms with E-state index < -0.39 is 5.97 Å². The number of benzene rings is 1. The van der Waals surface area contributed by atoms with Crippen molar-refractivity contribution in [2.45, 2.75) is 11.3 Å². The topological polar surface area (TPSA) is 63.3 Å². The summed E-state index contributed by atoms with van der Waals surface area (Å²) in [6, 6.07) is 3.39. The van der Waals surface area contributed by atoms with Gasteiger partial charge in [0.05, 0.1) is 5.56 Å². The van der Waals surface area contributed by atoms with E-state index in [2.05, 4.69) is 0 Å². The van der Waals surface area contributed by atoms with Crippen molar-refractivity contribution in [3.8, 4) is 0 Å². The molecule has 0 saturated carbocycles. The molecule has 1 aromatic carbocycles. The Morgan fingerprint density at radius 2 is 2.31 bits per heavy atom. The molecule has 0 bridgehead atoms. The molecule has 1 aliphatic rings. The van der Waals surface area contributed by atoms with Gasteiger partial charge in [-0.05, 0) is 24.1 Å². The van der Waals surface area contributed by atoms with Gasteiger partial charge in [0.2, 0.25) is 0 Å². The molecule has 0 amide bonds. The fraction of sp³-hybridized carbons (Fsp3) is 0.222. The highest BCUT2D eigenvalue weighted by Crippen LogP contribution is 2.35. The largest absolute Gasteiger partial charge is 0.478 e. The number of carbonyl (C=O) groups is 1. The summed E-state index contributed by atoms with van der Waals surface area (Å²) in [7, 11) is 0. The van der Waals surface area contributed by atoms with Crippen LogP contribution in [0.5, 0.6) is 0 Å². The Kier molecular flexibility index (Phi) is 1.92. The number of hydrogen-bond donors (Lipinski definition) is 2. The summed E-state index contributed by atoms with van der Waals surface area (Å²) in [6.07, 6.45) is 0.922. The fourth-order valence-corrected chi connectivity index (χ4v) is 2.67. The summed E-state index contributed by atoms with van der Waals surface area (Å²) in [5, 5.41) is 8.90. The van der Waals surface area contributed by atoms with Crippen molar-refractivity contribution in [1.82, 2.24) is 0 Å². The number of hydrogen-bond acceptors (Lipinski definition) is 3. The zero-order chi connectivity index (χ0) is 9.42. The van der Waals surface area contributed by atoms with Gasteiger partial charge in [-0.3, -0.25) is 0 Å². The van der Waals surface area contributed by atoms with E-state index in [1.807, 2.05) is 6.07 Å². The van der Waals surface area contributed by atoms with E-state index in [0.29, 0.717) is 11.3 Å². The molecule has 2 rings (SSSR count). The highest BCUT2D eigenvalue weighted by atomic mass is 32.2. The van der Waals surface area contributed by atoms with Crippen molar-refractivity contribution in [2.75, 3.05) is 11.5 Å². The number of carboxylic acids is 1. The van der Waals surface area contributed by atoms with Gasteiger partial charge in [-0.2, -0.15) is 0 Å². The monoisotopic (exact) mass is 195 g/mol. The molecule has 0 unspecified atom stereocenters. The smallest absolute Gasteiger partial charge is 0.336 e. The minimum absolute atomic E-state index is 0.345. The van der Waals surface area contributed by atoms with Gasteiger partial charge in [-0.15, -0.1) is 11.8 Å². The number of nitrogen functional groups attached to an aromatic ring is 1. The quantitative estimate of drug-likeness (QED) is 0.668. The van der Waals surface area contributed by atoms with Crippen molar-refractivity contribution < 1.29 is 9.90 Å². The van der Waals surface area contributed by atoms with Crippen LogP contribution in [0, 0.1) is 0 Å². The van der Waals surface area contributed by atoms with Gasteiger partial charge < -0.3 is 10.8 Å². The number of aromatic carboxylic acids is 1. The molecule has 68 valence electrons. The Labute approximate surface area is 79.9 Å². The van der Waals surface area contributed by atoms with Crippen molar-refractivity contribution in [3.05, 3.63) is 23.3 Å².